The highest BCUT2D eigenvalue weighted by Gasteiger charge is 2.37. The highest BCUT2D eigenvalue weighted by molar-refractivity contribution is 6.11. The Morgan fingerprint density at radius 1 is 0.821 bits per heavy atom. The fourth-order valence-corrected chi connectivity index (χ4v) is 3.87. The molecule has 0 aliphatic heterocycles. The van der Waals surface area contributed by atoms with Gasteiger partial charge in [0.15, 0.2) is 0 Å². The number of pyridine rings is 1. The monoisotopic (exact) mass is 541 g/mol. The van der Waals surface area contributed by atoms with E-state index in [1.54, 1.807) is 39.0 Å². The molecule has 3 rings (SSSR count). The summed E-state index contributed by atoms with van der Waals surface area (Å²) >= 11 is 0. The van der Waals surface area contributed by atoms with Gasteiger partial charge in [-0.3, -0.25) is 15.1 Å². The molecule has 3 aromatic rings. The minimum Gasteiger partial charge on any atom is -0.444 e. The molecule has 0 radical (unpaired) electrons. The topological polar surface area (TPSA) is 97.4 Å². The van der Waals surface area contributed by atoms with Crippen LogP contribution in [0.1, 0.15) is 50.2 Å². The first kappa shape index (κ1) is 29.3. The van der Waals surface area contributed by atoms with Crippen LogP contribution in [-0.4, -0.2) is 28.9 Å². The maximum atomic E-state index is 13.5. The fourth-order valence-electron chi connectivity index (χ4n) is 3.87. The number of ether oxygens (including phenoxy) is 1. The van der Waals surface area contributed by atoms with Crippen LogP contribution in [0.3, 0.4) is 0 Å². The number of halogens is 3. The van der Waals surface area contributed by atoms with E-state index in [0.29, 0.717) is 17.9 Å². The number of hydrogen-bond acceptors (Lipinski definition) is 5. The Balaban J connectivity index is 2.00. The van der Waals surface area contributed by atoms with Gasteiger partial charge >= 0.3 is 12.3 Å². The number of hydrogen-bond donors (Lipinski definition) is 2. The number of carbonyl (C=O) groups excluding carboxylic acids is 3. The van der Waals surface area contributed by atoms with Crippen molar-refractivity contribution in [3.05, 3.63) is 77.1 Å². The van der Waals surface area contributed by atoms with Crippen molar-refractivity contribution in [3.63, 3.8) is 0 Å². The van der Waals surface area contributed by atoms with Gasteiger partial charge in [-0.15, -0.1) is 0 Å². The molecule has 2 amide bonds. The molecule has 0 spiro atoms. The van der Waals surface area contributed by atoms with Crippen molar-refractivity contribution < 1.29 is 32.3 Å². The van der Waals surface area contributed by atoms with Crippen molar-refractivity contribution >= 4 is 29.7 Å². The van der Waals surface area contributed by atoms with Crippen molar-refractivity contribution in [1.29, 1.82) is 0 Å². The number of amides is 2. The number of rotatable bonds is 6. The number of nitrogens with zero attached hydrogens (tertiary/aromatic N) is 1. The van der Waals surface area contributed by atoms with Crippen molar-refractivity contribution in [2.45, 2.75) is 58.7 Å². The Morgan fingerprint density at radius 2 is 1.46 bits per heavy atom. The number of alkyl halides is 3. The lowest BCUT2D eigenvalue weighted by molar-refractivity contribution is -0.137. The molecule has 2 N–H and O–H groups in total. The highest BCUT2D eigenvalue weighted by Crippen LogP contribution is 2.36. The summed E-state index contributed by atoms with van der Waals surface area (Å²) in [5.74, 6) is -0.886. The number of aromatic nitrogens is 1. The molecular weight excluding hydrogens is 511 g/mol. The van der Waals surface area contributed by atoms with E-state index in [1.807, 2.05) is 32.0 Å². The Hall–Kier alpha value is -4.21. The molecule has 0 bridgehead atoms. The summed E-state index contributed by atoms with van der Waals surface area (Å²) in [5, 5.41) is 4.77. The predicted octanol–water partition coefficient (Wildman–Crippen LogP) is 6.83. The van der Waals surface area contributed by atoms with Crippen LogP contribution in [0.5, 0.6) is 0 Å². The summed E-state index contributed by atoms with van der Waals surface area (Å²) in [6.45, 7) is 9.94. The van der Waals surface area contributed by atoms with E-state index in [2.05, 4.69) is 15.6 Å². The van der Waals surface area contributed by atoms with Gasteiger partial charge in [-0.1, -0.05) is 18.2 Å². The maximum Gasteiger partial charge on any atom is 0.416 e. The van der Waals surface area contributed by atoms with Gasteiger partial charge in [0.25, 0.3) is 0 Å². The van der Waals surface area contributed by atoms with Crippen LogP contribution >= 0.6 is 0 Å². The molecular formula is C29H30F3N3O4. The average molecular weight is 542 g/mol. The number of aryl methyl sites for hydroxylation is 2. The molecule has 0 fully saturated rings. The van der Waals surface area contributed by atoms with E-state index in [0.717, 1.165) is 34.6 Å². The van der Waals surface area contributed by atoms with Gasteiger partial charge in [-0.2, -0.15) is 13.2 Å². The molecule has 39 heavy (non-hydrogen) atoms. The Bertz CT molecular complexity index is 1390. The van der Waals surface area contributed by atoms with Crippen LogP contribution in [0.2, 0.25) is 0 Å². The average Bonchev–Trinajstić information content (AvgIpc) is 2.82. The molecule has 10 heteroatoms. The van der Waals surface area contributed by atoms with E-state index in [4.69, 9.17) is 4.74 Å². The van der Waals surface area contributed by atoms with E-state index in [9.17, 15) is 27.6 Å². The van der Waals surface area contributed by atoms with Crippen LogP contribution in [0, 0.1) is 13.8 Å². The molecule has 2 aromatic carbocycles. The van der Waals surface area contributed by atoms with Gasteiger partial charge in [0.1, 0.15) is 17.3 Å². The van der Waals surface area contributed by atoms with Gasteiger partial charge in [0.05, 0.1) is 16.9 Å². The van der Waals surface area contributed by atoms with Crippen LogP contribution in [-0.2, 0) is 25.9 Å². The summed E-state index contributed by atoms with van der Waals surface area (Å²) in [6.07, 6.45) is -5.21. The molecule has 206 valence electrons. The molecule has 0 aliphatic carbocycles. The number of benzene rings is 2. The number of anilines is 2. The van der Waals surface area contributed by atoms with Gasteiger partial charge < -0.3 is 14.8 Å². The number of carbonyl (C=O) groups is 3. The van der Waals surface area contributed by atoms with Crippen molar-refractivity contribution in [2.24, 2.45) is 0 Å². The summed E-state index contributed by atoms with van der Waals surface area (Å²) < 4.78 is 45.6. The van der Waals surface area contributed by atoms with Crippen LogP contribution < -0.4 is 10.6 Å². The zero-order chi connectivity index (χ0) is 29.2. The van der Waals surface area contributed by atoms with Gasteiger partial charge in [-0.25, -0.2) is 4.79 Å². The normalized spacial score (nSPS) is 13.3. The Morgan fingerprint density at radius 3 is 2.03 bits per heavy atom. The zero-order valence-corrected chi connectivity index (χ0v) is 22.5. The van der Waals surface area contributed by atoms with Crippen LogP contribution in [0.15, 0.2) is 54.6 Å². The second-order valence-electron chi connectivity index (χ2n) is 10.4. The standard InChI is InChI=1S/C29H30F3N3O4/c1-17-12-20(13-18(2)33-17)19-8-7-9-21(14-19)28(6,16-36)25(37)34-24-15-22(29(30,31)32)10-11-23(24)35-26(38)39-27(3,4)5/h7-16H,1-6H3,(H,34,37)(H,35,38). The Kier molecular flexibility index (Phi) is 8.19. The summed E-state index contributed by atoms with van der Waals surface area (Å²) in [7, 11) is 0. The summed E-state index contributed by atoms with van der Waals surface area (Å²) in [5.41, 5.74) is -0.691. The van der Waals surface area contributed by atoms with E-state index >= 15 is 0 Å². The number of nitrogens with one attached hydrogen (secondary N) is 2. The summed E-state index contributed by atoms with van der Waals surface area (Å²) in [4.78, 5) is 42.5. The molecule has 0 aliphatic rings. The minimum absolute atomic E-state index is 0.129. The third-order valence-corrected chi connectivity index (χ3v) is 5.82. The lowest BCUT2D eigenvalue weighted by Crippen LogP contribution is -2.39. The molecule has 1 aromatic heterocycles. The van der Waals surface area contributed by atoms with Crippen molar-refractivity contribution in [2.75, 3.05) is 10.6 Å². The smallest absolute Gasteiger partial charge is 0.416 e. The van der Waals surface area contributed by atoms with Gasteiger partial charge in [0.2, 0.25) is 5.91 Å². The molecule has 0 saturated heterocycles. The van der Waals surface area contributed by atoms with E-state index < -0.39 is 34.8 Å². The third kappa shape index (κ3) is 7.22. The molecule has 0 saturated carbocycles. The quantitative estimate of drug-likeness (QED) is 0.263. The van der Waals surface area contributed by atoms with E-state index in [1.165, 1.54) is 6.92 Å². The van der Waals surface area contributed by atoms with Gasteiger partial charge in [-0.05, 0) is 94.6 Å². The van der Waals surface area contributed by atoms with E-state index in [-0.39, 0.29) is 11.4 Å². The SMILES string of the molecule is Cc1cc(-c2cccc(C(C)(C=O)C(=O)Nc3cc(C(F)(F)F)ccc3NC(=O)OC(C)(C)C)c2)cc(C)n1. The first-order chi connectivity index (χ1) is 18.0. The number of aldehydes is 1. The first-order valence-corrected chi connectivity index (χ1v) is 12.1. The van der Waals surface area contributed by atoms with Crippen molar-refractivity contribution in [3.8, 4) is 11.1 Å². The highest BCUT2D eigenvalue weighted by atomic mass is 19.4. The van der Waals surface area contributed by atoms with Gasteiger partial charge in [0, 0.05) is 11.4 Å². The minimum atomic E-state index is -4.72. The molecule has 7 nitrogen and oxygen atoms in total. The predicted molar refractivity (Wildman–Crippen MR) is 142 cm³/mol. The molecule has 1 heterocycles. The largest absolute Gasteiger partial charge is 0.444 e. The second kappa shape index (κ2) is 10.9. The first-order valence-electron chi connectivity index (χ1n) is 12.1. The summed E-state index contributed by atoms with van der Waals surface area (Å²) in [6, 6.07) is 13.0. The lowest BCUT2D eigenvalue weighted by atomic mass is 9.81. The third-order valence-electron chi connectivity index (χ3n) is 5.82. The van der Waals surface area contributed by atoms with Crippen LogP contribution in [0.25, 0.3) is 11.1 Å². The molecule has 1 unspecified atom stereocenters. The Labute approximate surface area is 224 Å². The van der Waals surface area contributed by atoms with Crippen molar-refractivity contribution in [1.82, 2.24) is 4.98 Å². The van der Waals surface area contributed by atoms with Crippen LogP contribution in [0.4, 0.5) is 29.3 Å². The molecule has 1 atom stereocenters. The maximum absolute atomic E-state index is 13.5. The second-order valence-corrected chi connectivity index (χ2v) is 10.4. The zero-order valence-electron chi connectivity index (χ0n) is 22.5. The lowest BCUT2D eigenvalue weighted by Gasteiger charge is -2.25. The fraction of sp³-hybridized carbons (Fsp3) is 0.310.